The Labute approximate surface area is 540 Å². The number of nitrogens with zero attached hydrogens (tertiary/aromatic N) is 21. The summed E-state index contributed by atoms with van der Waals surface area (Å²) >= 11 is 0. The highest BCUT2D eigenvalue weighted by molar-refractivity contribution is 5.98. The van der Waals surface area contributed by atoms with Crippen LogP contribution >= 0.6 is 0 Å². The molecule has 9 aromatic heterocycles. The topological polar surface area (TPSA) is 269 Å². The average Bonchev–Trinajstić information content (AvgIpc) is 1.65. The van der Waals surface area contributed by atoms with E-state index in [-0.39, 0.29) is 71.7 Å². The van der Waals surface area contributed by atoms with E-state index < -0.39 is 35.6 Å². The number of hydrogen-bond donors (Lipinski definition) is 0. The van der Waals surface area contributed by atoms with Crippen molar-refractivity contribution in [1.29, 1.82) is 0 Å². The van der Waals surface area contributed by atoms with E-state index in [1.54, 1.807) is 30.7 Å². The van der Waals surface area contributed by atoms with Gasteiger partial charge in [0.1, 0.15) is 11.4 Å². The van der Waals surface area contributed by atoms with Crippen molar-refractivity contribution in [3.05, 3.63) is 179 Å². The predicted octanol–water partition coefficient (Wildman–Crippen LogP) is 9.05. The third-order valence-corrected chi connectivity index (χ3v) is 18.7. The minimum atomic E-state index is -4.51. The largest absolute Gasteiger partial charge is 0.434 e. The molecule has 0 saturated carbocycles. The molecule has 9 atom stereocenters. The molecule has 9 aromatic rings. The maximum absolute atomic E-state index is 13.6. The minimum absolute atomic E-state index is 0.0108. The van der Waals surface area contributed by atoms with Crippen LogP contribution in [0, 0.1) is 38.5 Å². The fourth-order valence-corrected chi connectivity index (χ4v) is 14.6. The summed E-state index contributed by atoms with van der Waals surface area (Å²) in [6.07, 6.45) is 14.0. The number of aromatic nitrogens is 18. The molecule has 9 unspecified atom stereocenters. The highest BCUT2D eigenvalue weighted by atomic mass is 19.4. The van der Waals surface area contributed by atoms with Crippen molar-refractivity contribution < 1.29 is 53.9 Å². The number of carbonyl (C=O) groups is 3. The first-order chi connectivity index (χ1) is 45.9. The maximum Gasteiger partial charge on any atom is 0.434 e. The lowest BCUT2D eigenvalue weighted by Crippen LogP contribution is -2.38. The molecule has 3 amide bonds. The molecule has 498 valence electrons. The zero-order valence-electron chi connectivity index (χ0n) is 51.6. The SMILES string of the molecule is Cc1ccc(-n2nccn2)c(C(=O)N2C3CCC2C(Cc2cnc(C(F)(F)F)cn2)C3)n1.Cc1cnc(C(=O)N2C3CCC2C(Cc2cnc(C(F)(F)F)cn2)C3)c(-n2ccnn2)c1.Cc1cnc(C(=O)N2C3CCC2C(Cc2cnc(C(F)(F)F)cn2)C3)c(-n2nccn2)c1. The molecule has 0 spiro atoms. The molecule has 6 aliphatic rings. The van der Waals surface area contributed by atoms with Gasteiger partial charge >= 0.3 is 18.5 Å². The van der Waals surface area contributed by atoms with Gasteiger partial charge in [-0.1, -0.05) is 5.21 Å². The van der Waals surface area contributed by atoms with Gasteiger partial charge in [-0.05, 0) is 151 Å². The van der Waals surface area contributed by atoms with E-state index in [4.69, 9.17) is 0 Å². The molecule has 15 heterocycles. The average molecular weight is 1330 g/mol. The van der Waals surface area contributed by atoms with Crippen LogP contribution in [-0.4, -0.2) is 159 Å². The molecule has 6 bridgehead atoms. The molecule has 96 heavy (non-hydrogen) atoms. The van der Waals surface area contributed by atoms with Crippen LogP contribution in [0.5, 0.6) is 0 Å². The lowest BCUT2D eigenvalue weighted by Gasteiger charge is -2.25. The predicted molar refractivity (Wildman–Crippen MR) is 317 cm³/mol. The smallest absolute Gasteiger partial charge is 0.331 e. The maximum atomic E-state index is 13.6. The summed E-state index contributed by atoms with van der Waals surface area (Å²) in [5.41, 5.74) is 3.50. The normalized spacial score (nSPS) is 22.5. The van der Waals surface area contributed by atoms with Gasteiger partial charge in [0.2, 0.25) is 0 Å². The number of halogens is 9. The number of carbonyl (C=O) groups excluding carboxylic acids is 3. The van der Waals surface area contributed by atoms with Gasteiger partial charge in [-0.25, -0.2) is 34.6 Å². The Balaban J connectivity index is 0.000000130. The number of rotatable bonds is 12. The summed E-state index contributed by atoms with van der Waals surface area (Å²) in [7, 11) is 0. The number of amides is 3. The summed E-state index contributed by atoms with van der Waals surface area (Å²) in [4.78, 5) is 84.8. The van der Waals surface area contributed by atoms with Crippen LogP contribution in [0.15, 0.2) is 111 Å². The van der Waals surface area contributed by atoms with Crippen LogP contribution in [0.4, 0.5) is 39.5 Å². The number of aryl methyl sites for hydroxylation is 3. The van der Waals surface area contributed by atoms with Gasteiger partial charge in [-0.3, -0.25) is 29.3 Å². The standard InChI is InChI=1S/3C21H20F3N7O/c1-12-2-4-17(31-27-6-7-28-31)19(29-12)20(32)30-15-3-5-16(30)13(9-15)8-14-10-26-18(11-25-14)21(22,23)24;1-12-6-17(30-5-4-28-29-30)19(27-9-12)20(32)31-15-2-3-16(31)13(8-15)7-14-10-26-18(11-25-14)21(22,23)24;1-12-6-17(31-28-4-5-29-31)19(27-9-12)20(32)30-15-2-3-16(30)13(8-15)7-14-10-26-18(11-25-14)21(22,23)24/h2,4,6-7,10-11,13,15-16H,3,5,8-9H2,1H3;2*4-6,9-11,13,15-16H,2-3,7-8H2,1H3. The third-order valence-electron chi connectivity index (χ3n) is 18.7. The van der Waals surface area contributed by atoms with E-state index >= 15 is 0 Å². The highest BCUT2D eigenvalue weighted by Gasteiger charge is 2.52. The summed E-state index contributed by atoms with van der Waals surface area (Å²) in [6, 6.07) is 7.44. The van der Waals surface area contributed by atoms with Crippen LogP contribution in [0.2, 0.25) is 0 Å². The summed E-state index contributed by atoms with van der Waals surface area (Å²) < 4.78 is 116. The first kappa shape index (κ1) is 64.6. The van der Waals surface area contributed by atoms with Crippen molar-refractivity contribution in [2.24, 2.45) is 17.8 Å². The quantitative estimate of drug-likeness (QED) is 0.103. The van der Waals surface area contributed by atoms with Gasteiger partial charge in [-0.2, -0.15) is 59.9 Å². The Morgan fingerprint density at radius 3 is 1.20 bits per heavy atom. The molecule has 24 nitrogen and oxygen atoms in total. The Morgan fingerprint density at radius 1 is 0.438 bits per heavy atom. The molecule has 0 radical (unpaired) electrons. The Kier molecular flexibility index (Phi) is 17.4. The lowest BCUT2D eigenvalue weighted by molar-refractivity contribution is -0.142. The monoisotopic (exact) mass is 1330 g/mol. The van der Waals surface area contributed by atoms with E-state index in [0.29, 0.717) is 76.2 Å². The van der Waals surface area contributed by atoms with Crippen LogP contribution in [-0.2, 0) is 37.8 Å². The van der Waals surface area contributed by atoms with E-state index in [0.717, 1.165) is 87.5 Å². The molecule has 0 aliphatic carbocycles. The van der Waals surface area contributed by atoms with E-state index in [2.05, 4.69) is 75.6 Å². The van der Waals surface area contributed by atoms with Crippen LogP contribution in [0.1, 0.15) is 140 Å². The Hall–Kier alpha value is -10.1. The second-order valence-corrected chi connectivity index (χ2v) is 24.9. The third kappa shape index (κ3) is 13.2. The van der Waals surface area contributed by atoms with Crippen LogP contribution < -0.4 is 0 Å². The molecule has 0 N–H and O–H groups in total. The second kappa shape index (κ2) is 25.9. The molecular formula is C63H60F9N21O3. The van der Waals surface area contributed by atoms with Crippen molar-refractivity contribution in [3.63, 3.8) is 0 Å². The second-order valence-electron chi connectivity index (χ2n) is 24.9. The molecule has 6 aliphatic heterocycles. The molecule has 33 heteroatoms. The molecule has 6 fully saturated rings. The van der Waals surface area contributed by atoms with Crippen molar-refractivity contribution in [2.75, 3.05) is 0 Å². The van der Waals surface area contributed by atoms with Gasteiger partial charge < -0.3 is 14.7 Å². The number of fused-ring (bicyclic) bond motifs is 6. The highest BCUT2D eigenvalue weighted by Crippen LogP contribution is 2.47. The van der Waals surface area contributed by atoms with Crippen molar-refractivity contribution in [3.8, 4) is 17.1 Å². The zero-order valence-corrected chi connectivity index (χ0v) is 51.6. The van der Waals surface area contributed by atoms with E-state index in [1.807, 2.05) is 47.6 Å². The molecular weight excluding hydrogens is 1270 g/mol. The zero-order chi connectivity index (χ0) is 67.4. The summed E-state index contributed by atoms with van der Waals surface area (Å²) in [5.74, 6) is -0.173. The van der Waals surface area contributed by atoms with Crippen molar-refractivity contribution in [2.45, 2.75) is 153 Å². The Bertz CT molecular complexity index is 4070. The van der Waals surface area contributed by atoms with Crippen molar-refractivity contribution >= 4 is 17.7 Å². The number of hydrogen-bond acceptors (Lipinski definition) is 18. The molecule has 15 rings (SSSR count). The van der Waals surface area contributed by atoms with Gasteiger partial charge in [0, 0.05) is 72.9 Å². The molecule has 6 saturated heterocycles. The van der Waals surface area contributed by atoms with Gasteiger partial charge in [0.15, 0.2) is 34.2 Å². The molecule has 0 aromatic carbocycles. The summed E-state index contributed by atoms with van der Waals surface area (Å²) in [5, 5.41) is 24.4. The van der Waals surface area contributed by atoms with Gasteiger partial charge in [0.25, 0.3) is 17.7 Å². The number of pyridine rings is 3. The van der Waals surface area contributed by atoms with E-state index in [1.165, 1.54) is 63.8 Å². The van der Waals surface area contributed by atoms with E-state index in [9.17, 15) is 53.9 Å². The van der Waals surface area contributed by atoms with Crippen molar-refractivity contribution in [1.82, 2.24) is 105 Å². The Morgan fingerprint density at radius 2 is 0.823 bits per heavy atom. The number of alkyl halides is 9. The van der Waals surface area contributed by atoms with Crippen LogP contribution in [0.25, 0.3) is 17.1 Å². The van der Waals surface area contributed by atoms with Crippen LogP contribution in [0.3, 0.4) is 0 Å². The first-order valence-electron chi connectivity index (χ1n) is 31.1. The minimum Gasteiger partial charge on any atom is -0.331 e. The first-order valence-corrected chi connectivity index (χ1v) is 31.1. The van der Waals surface area contributed by atoms with Gasteiger partial charge in [0.05, 0.1) is 78.5 Å². The summed E-state index contributed by atoms with van der Waals surface area (Å²) in [6.45, 7) is 5.60. The lowest BCUT2D eigenvalue weighted by atomic mass is 9.86. The fourth-order valence-electron chi connectivity index (χ4n) is 14.6. The van der Waals surface area contributed by atoms with Gasteiger partial charge in [-0.15, -0.1) is 14.7 Å². The fraction of sp³-hybridized carbons (Fsp3) is 0.429.